The SMILES string of the molecule is CCNC(=NCCCNC(=O)OC(C)(C)C)NC1C2CCOC2C12CCCC2.I. The highest BCUT2D eigenvalue weighted by Crippen LogP contribution is 2.60. The van der Waals surface area contributed by atoms with Crippen LogP contribution in [0.15, 0.2) is 4.99 Å². The van der Waals surface area contributed by atoms with E-state index in [1.54, 1.807) is 0 Å². The summed E-state index contributed by atoms with van der Waals surface area (Å²) in [5, 5.41) is 9.91. The van der Waals surface area contributed by atoms with Crippen LogP contribution in [0.3, 0.4) is 0 Å². The molecule has 3 atom stereocenters. The number of ether oxygens (including phenoxy) is 2. The third-order valence-electron chi connectivity index (χ3n) is 6.20. The number of guanidine groups is 1. The summed E-state index contributed by atoms with van der Waals surface area (Å²) in [5.41, 5.74) is -0.152. The molecule has 0 aromatic heterocycles. The third-order valence-corrected chi connectivity index (χ3v) is 6.20. The van der Waals surface area contributed by atoms with Crippen molar-refractivity contribution in [3.8, 4) is 0 Å². The Labute approximate surface area is 192 Å². The lowest BCUT2D eigenvalue weighted by atomic mass is 9.54. The first-order valence-corrected chi connectivity index (χ1v) is 11.0. The van der Waals surface area contributed by atoms with Crippen LogP contribution in [0.4, 0.5) is 4.79 Å². The molecule has 1 amide bonds. The van der Waals surface area contributed by atoms with Crippen LogP contribution in [0, 0.1) is 11.3 Å². The summed E-state index contributed by atoms with van der Waals surface area (Å²) in [5.74, 6) is 1.51. The number of aliphatic imine (C=N–C) groups is 1. The number of alkyl carbamates (subject to hydrolysis) is 1. The van der Waals surface area contributed by atoms with Gasteiger partial charge in [0, 0.05) is 43.6 Å². The first kappa shape index (κ1) is 24.5. The molecule has 168 valence electrons. The standard InChI is InChI=1S/C21H38N4O3.HI/c1-5-22-18(23-12-8-13-24-19(26)28-20(2,3)4)25-16-15-9-14-27-17(15)21(16)10-6-7-11-21;/h15-17H,5-14H2,1-4H3,(H,24,26)(H2,22,23,25);1H. The topological polar surface area (TPSA) is 84.0 Å². The van der Waals surface area contributed by atoms with Crippen LogP contribution in [0.5, 0.6) is 0 Å². The summed E-state index contributed by atoms with van der Waals surface area (Å²) in [4.78, 5) is 16.4. The number of hydrogen-bond acceptors (Lipinski definition) is 4. The number of carbonyl (C=O) groups excluding carboxylic acids is 1. The molecule has 0 bridgehead atoms. The second kappa shape index (κ2) is 10.5. The van der Waals surface area contributed by atoms with Crippen LogP contribution in [0.1, 0.15) is 66.2 Å². The zero-order valence-corrected chi connectivity index (χ0v) is 20.7. The minimum Gasteiger partial charge on any atom is -0.444 e. The fourth-order valence-electron chi connectivity index (χ4n) is 5.15. The minimum absolute atomic E-state index is 0. The summed E-state index contributed by atoms with van der Waals surface area (Å²) in [6.45, 7) is 10.6. The summed E-state index contributed by atoms with van der Waals surface area (Å²) in [6, 6.07) is 0.472. The van der Waals surface area contributed by atoms with E-state index < -0.39 is 5.60 Å². The Bertz CT molecular complexity index is 573. The van der Waals surface area contributed by atoms with Crippen molar-refractivity contribution in [2.45, 2.75) is 84.0 Å². The Morgan fingerprint density at radius 3 is 2.62 bits per heavy atom. The Hall–Kier alpha value is -0.770. The molecular weight excluding hydrogens is 483 g/mol. The maximum Gasteiger partial charge on any atom is 0.407 e. The first-order chi connectivity index (χ1) is 13.4. The molecular formula is C21H39IN4O3. The number of amides is 1. The number of carbonyl (C=O) groups is 1. The van der Waals surface area contributed by atoms with Crippen molar-refractivity contribution in [2.24, 2.45) is 16.3 Å². The number of rotatable bonds is 6. The summed E-state index contributed by atoms with van der Waals surface area (Å²) in [7, 11) is 0. The molecule has 7 nitrogen and oxygen atoms in total. The van der Waals surface area contributed by atoms with Gasteiger partial charge in [-0.3, -0.25) is 4.99 Å². The Morgan fingerprint density at radius 1 is 1.24 bits per heavy atom. The van der Waals surface area contributed by atoms with Gasteiger partial charge in [0.1, 0.15) is 5.60 Å². The summed E-state index contributed by atoms with van der Waals surface area (Å²) < 4.78 is 11.3. The summed E-state index contributed by atoms with van der Waals surface area (Å²) in [6.07, 6.45) is 7.18. The first-order valence-electron chi connectivity index (χ1n) is 11.0. The molecule has 3 rings (SSSR count). The number of nitrogens with one attached hydrogen (secondary N) is 3. The highest BCUT2D eigenvalue weighted by Gasteiger charge is 2.65. The van der Waals surface area contributed by atoms with Crippen LogP contribution >= 0.6 is 24.0 Å². The number of fused-ring (bicyclic) bond motifs is 2. The van der Waals surface area contributed by atoms with Gasteiger partial charge in [0.15, 0.2) is 5.96 Å². The van der Waals surface area contributed by atoms with E-state index in [4.69, 9.17) is 14.5 Å². The predicted octanol–water partition coefficient (Wildman–Crippen LogP) is 3.42. The van der Waals surface area contributed by atoms with E-state index in [1.807, 2.05) is 20.8 Å². The molecule has 1 spiro atoms. The number of nitrogens with zero attached hydrogens (tertiary/aromatic N) is 1. The van der Waals surface area contributed by atoms with Crippen molar-refractivity contribution in [3.05, 3.63) is 0 Å². The van der Waals surface area contributed by atoms with Crippen LogP contribution in [-0.4, -0.2) is 56.0 Å². The molecule has 0 aromatic rings. The second-order valence-corrected chi connectivity index (χ2v) is 9.35. The van der Waals surface area contributed by atoms with Gasteiger partial charge >= 0.3 is 6.09 Å². The molecule has 2 aliphatic carbocycles. The maximum atomic E-state index is 11.7. The lowest BCUT2D eigenvalue weighted by Gasteiger charge is -2.57. The van der Waals surface area contributed by atoms with Crippen molar-refractivity contribution in [1.82, 2.24) is 16.0 Å². The molecule has 3 unspecified atom stereocenters. The highest BCUT2D eigenvalue weighted by molar-refractivity contribution is 14.0. The van der Waals surface area contributed by atoms with E-state index in [0.717, 1.165) is 32.0 Å². The maximum absolute atomic E-state index is 11.7. The van der Waals surface area contributed by atoms with Gasteiger partial charge in [-0.15, -0.1) is 24.0 Å². The molecule has 2 saturated carbocycles. The van der Waals surface area contributed by atoms with E-state index in [-0.39, 0.29) is 30.1 Å². The van der Waals surface area contributed by atoms with Crippen molar-refractivity contribution in [2.75, 3.05) is 26.2 Å². The number of hydrogen-bond donors (Lipinski definition) is 3. The van der Waals surface area contributed by atoms with E-state index in [2.05, 4.69) is 22.9 Å². The normalized spacial score (nSPS) is 27.6. The van der Waals surface area contributed by atoms with Crippen molar-refractivity contribution in [3.63, 3.8) is 0 Å². The monoisotopic (exact) mass is 522 g/mol. The fourth-order valence-corrected chi connectivity index (χ4v) is 5.15. The van der Waals surface area contributed by atoms with Crippen LogP contribution < -0.4 is 16.0 Å². The Morgan fingerprint density at radius 2 is 1.97 bits per heavy atom. The zero-order valence-electron chi connectivity index (χ0n) is 18.4. The average molecular weight is 522 g/mol. The lowest BCUT2D eigenvalue weighted by molar-refractivity contribution is -0.125. The molecule has 29 heavy (non-hydrogen) atoms. The van der Waals surface area contributed by atoms with Gasteiger partial charge in [-0.1, -0.05) is 12.8 Å². The average Bonchev–Trinajstić information content (AvgIpc) is 3.26. The van der Waals surface area contributed by atoms with Crippen LogP contribution in [-0.2, 0) is 9.47 Å². The van der Waals surface area contributed by atoms with Crippen molar-refractivity contribution in [1.29, 1.82) is 0 Å². The van der Waals surface area contributed by atoms with Gasteiger partial charge in [-0.2, -0.15) is 0 Å². The van der Waals surface area contributed by atoms with E-state index >= 15 is 0 Å². The van der Waals surface area contributed by atoms with Crippen molar-refractivity contribution >= 4 is 36.0 Å². The Balaban J connectivity index is 0.00000300. The molecule has 0 aromatic carbocycles. The minimum atomic E-state index is -0.467. The molecule has 1 aliphatic heterocycles. The largest absolute Gasteiger partial charge is 0.444 e. The zero-order chi connectivity index (χ0) is 20.2. The molecule has 1 saturated heterocycles. The van der Waals surface area contributed by atoms with E-state index in [1.165, 1.54) is 25.7 Å². The quantitative estimate of drug-likeness (QED) is 0.216. The van der Waals surface area contributed by atoms with Gasteiger partial charge in [0.05, 0.1) is 6.10 Å². The van der Waals surface area contributed by atoms with Gasteiger partial charge < -0.3 is 25.4 Å². The fraction of sp³-hybridized carbons (Fsp3) is 0.905. The summed E-state index contributed by atoms with van der Waals surface area (Å²) >= 11 is 0. The van der Waals surface area contributed by atoms with E-state index in [0.29, 0.717) is 36.6 Å². The van der Waals surface area contributed by atoms with Gasteiger partial charge in [-0.05, 0) is 53.4 Å². The van der Waals surface area contributed by atoms with E-state index in [9.17, 15) is 4.79 Å². The molecule has 0 radical (unpaired) electrons. The molecule has 3 fully saturated rings. The lowest BCUT2D eigenvalue weighted by Crippen LogP contribution is -2.69. The highest BCUT2D eigenvalue weighted by atomic mass is 127. The van der Waals surface area contributed by atoms with Gasteiger partial charge in [-0.25, -0.2) is 4.79 Å². The van der Waals surface area contributed by atoms with Crippen LogP contribution in [0.25, 0.3) is 0 Å². The predicted molar refractivity (Wildman–Crippen MR) is 126 cm³/mol. The molecule has 3 aliphatic rings. The number of halogens is 1. The van der Waals surface area contributed by atoms with Gasteiger partial charge in [0.2, 0.25) is 0 Å². The smallest absolute Gasteiger partial charge is 0.407 e. The van der Waals surface area contributed by atoms with Gasteiger partial charge in [0.25, 0.3) is 0 Å². The van der Waals surface area contributed by atoms with Crippen molar-refractivity contribution < 1.29 is 14.3 Å². The molecule has 8 heteroatoms. The third kappa shape index (κ3) is 5.89. The van der Waals surface area contributed by atoms with Crippen LogP contribution in [0.2, 0.25) is 0 Å². The Kier molecular flexibility index (Phi) is 8.87. The molecule has 3 N–H and O–H groups in total. The second-order valence-electron chi connectivity index (χ2n) is 9.35. The molecule has 1 heterocycles.